The number of hydrogen-bond donors (Lipinski definition) is 2. The van der Waals surface area contributed by atoms with Gasteiger partial charge in [-0.25, -0.2) is 0 Å². The van der Waals surface area contributed by atoms with Crippen LogP contribution in [0, 0.1) is 7.14 Å². The van der Waals surface area contributed by atoms with Crippen molar-refractivity contribution >= 4 is 67.0 Å². The Balaban J connectivity index is 1.49. The summed E-state index contributed by atoms with van der Waals surface area (Å²) in [5, 5.41) is 16.6. The van der Waals surface area contributed by atoms with Gasteiger partial charge in [-0.3, -0.25) is 0 Å². The fraction of sp³-hybridized carbons (Fsp3) is 0.217. The van der Waals surface area contributed by atoms with E-state index in [0.29, 0.717) is 13.1 Å². The lowest BCUT2D eigenvalue weighted by atomic mass is 10.1. The summed E-state index contributed by atoms with van der Waals surface area (Å²) >= 11 is 4.72. The second kappa shape index (κ2) is 9.11. The first kappa shape index (κ1) is 20.1. The molecule has 0 saturated heterocycles. The third kappa shape index (κ3) is 4.53. The Hall–Kier alpha value is -1.16. The molecule has 28 heavy (non-hydrogen) atoms. The Morgan fingerprint density at radius 2 is 1.46 bits per heavy atom. The number of nitrogens with one attached hydrogen (secondary N) is 1. The van der Waals surface area contributed by atoms with Crippen LogP contribution in [-0.4, -0.2) is 28.9 Å². The van der Waals surface area contributed by atoms with Crippen molar-refractivity contribution in [2.45, 2.75) is 19.1 Å². The van der Waals surface area contributed by atoms with Crippen molar-refractivity contribution in [3.8, 4) is 0 Å². The SMILES string of the molecule is OC(CNCCc1ccccc1)Cn1c2ccc(I)cc2c2cc(I)ccc21. The van der Waals surface area contributed by atoms with Crippen molar-refractivity contribution < 1.29 is 5.11 Å². The van der Waals surface area contributed by atoms with Crippen LogP contribution in [0.15, 0.2) is 66.7 Å². The van der Waals surface area contributed by atoms with Crippen LogP contribution in [0.25, 0.3) is 21.8 Å². The molecule has 144 valence electrons. The minimum atomic E-state index is -0.437. The van der Waals surface area contributed by atoms with Crippen molar-refractivity contribution in [1.82, 2.24) is 9.88 Å². The van der Waals surface area contributed by atoms with E-state index >= 15 is 0 Å². The molecule has 3 nitrogen and oxygen atoms in total. The summed E-state index contributed by atoms with van der Waals surface area (Å²) in [5.74, 6) is 0. The highest BCUT2D eigenvalue weighted by Crippen LogP contribution is 2.31. The molecule has 2 N–H and O–H groups in total. The molecule has 4 rings (SSSR count). The Morgan fingerprint density at radius 1 is 0.857 bits per heavy atom. The molecule has 3 aromatic carbocycles. The normalized spacial score (nSPS) is 12.7. The highest BCUT2D eigenvalue weighted by atomic mass is 127. The third-order valence-electron chi connectivity index (χ3n) is 5.00. The monoisotopic (exact) mass is 596 g/mol. The summed E-state index contributed by atoms with van der Waals surface area (Å²) in [4.78, 5) is 0. The van der Waals surface area contributed by atoms with E-state index in [2.05, 4.69) is 116 Å². The first-order valence-electron chi connectivity index (χ1n) is 9.41. The summed E-state index contributed by atoms with van der Waals surface area (Å²) < 4.78 is 4.71. The lowest BCUT2D eigenvalue weighted by Gasteiger charge is -2.15. The van der Waals surface area contributed by atoms with Crippen molar-refractivity contribution in [2.24, 2.45) is 0 Å². The van der Waals surface area contributed by atoms with Gasteiger partial charge >= 0.3 is 0 Å². The highest BCUT2D eigenvalue weighted by molar-refractivity contribution is 14.1. The Kier molecular flexibility index (Phi) is 6.55. The molecule has 0 saturated carbocycles. The smallest absolute Gasteiger partial charge is 0.0843 e. The van der Waals surface area contributed by atoms with E-state index in [0.717, 1.165) is 13.0 Å². The number of halogens is 2. The molecular weight excluding hydrogens is 574 g/mol. The van der Waals surface area contributed by atoms with Crippen LogP contribution < -0.4 is 5.32 Å². The number of aliphatic hydroxyl groups excluding tert-OH is 1. The molecule has 0 aliphatic heterocycles. The van der Waals surface area contributed by atoms with Crippen LogP contribution in [0.1, 0.15) is 5.56 Å². The molecule has 0 fully saturated rings. The van der Waals surface area contributed by atoms with Gasteiger partial charge in [-0.1, -0.05) is 30.3 Å². The van der Waals surface area contributed by atoms with Gasteiger partial charge in [0.25, 0.3) is 0 Å². The lowest BCUT2D eigenvalue weighted by Crippen LogP contribution is -2.31. The molecule has 5 heteroatoms. The predicted octanol–water partition coefficient (Wildman–Crippen LogP) is 5.20. The maximum Gasteiger partial charge on any atom is 0.0843 e. The number of nitrogens with zero attached hydrogens (tertiary/aromatic N) is 1. The van der Waals surface area contributed by atoms with Crippen molar-refractivity contribution in [3.05, 3.63) is 79.4 Å². The zero-order valence-corrected chi connectivity index (χ0v) is 19.7. The minimum Gasteiger partial charge on any atom is -0.390 e. The quantitative estimate of drug-likeness (QED) is 0.228. The van der Waals surface area contributed by atoms with E-state index < -0.39 is 6.10 Å². The molecule has 0 aliphatic rings. The van der Waals surface area contributed by atoms with Crippen molar-refractivity contribution in [3.63, 3.8) is 0 Å². The van der Waals surface area contributed by atoms with E-state index in [1.165, 1.54) is 34.5 Å². The number of fused-ring (bicyclic) bond motifs is 3. The third-order valence-corrected chi connectivity index (χ3v) is 6.34. The van der Waals surface area contributed by atoms with E-state index in [4.69, 9.17) is 0 Å². The average molecular weight is 596 g/mol. The molecule has 4 aromatic rings. The summed E-state index contributed by atoms with van der Waals surface area (Å²) in [6, 6.07) is 23.5. The largest absolute Gasteiger partial charge is 0.390 e. The molecular formula is C23H22I2N2O. The Bertz CT molecular complexity index is 1030. The number of hydrogen-bond acceptors (Lipinski definition) is 2. The van der Waals surface area contributed by atoms with Crippen LogP contribution in [0.3, 0.4) is 0 Å². The van der Waals surface area contributed by atoms with Crippen LogP contribution in [-0.2, 0) is 13.0 Å². The zero-order chi connectivity index (χ0) is 19.5. The number of aliphatic hydroxyl groups is 1. The van der Waals surface area contributed by atoms with E-state index in [1.54, 1.807) is 0 Å². The van der Waals surface area contributed by atoms with Crippen LogP contribution in [0.4, 0.5) is 0 Å². The topological polar surface area (TPSA) is 37.2 Å². The van der Waals surface area contributed by atoms with Crippen LogP contribution in [0.5, 0.6) is 0 Å². The standard InChI is InChI=1S/C23H22I2N2O/c24-17-6-8-22-20(12-17)21-13-18(25)7-9-23(21)27(22)15-19(28)14-26-11-10-16-4-2-1-3-5-16/h1-9,12-13,19,26,28H,10-11,14-15H2. The van der Waals surface area contributed by atoms with Gasteiger partial charge in [0.05, 0.1) is 12.6 Å². The van der Waals surface area contributed by atoms with E-state index in [1.807, 2.05) is 6.07 Å². The van der Waals surface area contributed by atoms with Gasteiger partial charge in [0.15, 0.2) is 0 Å². The Morgan fingerprint density at radius 3 is 2.07 bits per heavy atom. The van der Waals surface area contributed by atoms with Gasteiger partial charge in [0, 0.05) is 35.5 Å². The molecule has 1 unspecified atom stereocenters. The molecule has 0 bridgehead atoms. The number of rotatable bonds is 7. The van der Waals surface area contributed by atoms with Gasteiger partial charge in [0.2, 0.25) is 0 Å². The van der Waals surface area contributed by atoms with Gasteiger partial charge in [-0.2, -0.15) is 0 Å². The highest BCUT2D eigenvalue weighted by Gasteiger charge is 2.14. The van der Waals surface area contributed by atoms with Crippen molar-refractivity contribution in [1.29, 1.82) is 0 Å². The number of benzene rings is 3. The molecule has 1 heterocycles. The van der Waals surface area contributed by atoms with E-state index in [-0.39, 0.29) is 0 Å². The van der Waals surface area contributed by atoms with Crippen molar-refractivity contribution in [2.75, 3.05) is 13.1 Å². The van der Waals surface area contributed by atoms with E-state index in [9.17, 15) is 5.11 Å². The average Bonchev–Trinajstić information content (AvgIpc) is 2.98. The molecule has 0 amide bonds. The second-order valence-corrected chi connectivity index (χ2v) is 9.52. The van der Waals surface area contributed by atoms with Gasteiger partial charge in [-0.05, 0) is 100 Å². The first-order chi connectivity index (χ1) is 13.6. The Labute approximate surface area is 192 Å². The minimum absolute atomic E-state index is 0.437. The zero-order valence-electron chi connectivity index (χ0n) is 15.4. The second-order valence-electron chi connectivity index (χ2n) is 7.03. The van der Waals surface area contributed by atoms with Gasteiger partial charge in [0.1, 0.15) is 0 Å². The van der Waals surface area contributed by atoms with Gasteiger partial charge in [-0.15, -0.1) is 0 Å². The van der Waals surface area contributed by atoms with Gasteiger partial charge < -0.3 is 15.0 Å². The fourth-order valence-electron chi connectivity index (χ4n) is 3.67. The maximum absolute atomic E-state index is 10.7. The lowest BCUT2D eigenvalue weighted by molar-refractivity contribution is 0.154. The molecule has 1 aromatic heterocycles. The molecule has 0 radical (unpaired) electrons. The fourth-order valence-corrected chi connectivity index (χ4v) is 4.65. The molecule has 0 spiro atoms. The molecule has 1 atom stereocenters. The maximum atomic E-state index is 10.7. The van der Waals surface area contributed by atoms with Crippen LogP contribution in [0.2, 0.25) is 0 Å². The first-order valence-corrected chi connectivity index (χ1v) is 11.6. The van der Waals surface area contributed by atoms with Crippen LogP contribution >= 0.6 is 45.2 Å². The predicted molar refractivity (Wildman–Crippen MR) is 134 cm³/mol. The summed E-state index contributed by atoms with van der Waals surface area (Å²) in [5.41, 5.74) is 3.68. The number of aromatic nitrogens is 1. The summed E-state index contributed by atoms with van der Waals surface area (Å²) in [6.07, 6.45) is 0.535. The summed E-state index contributed by atoms with van der Waals surface area (Å²) in [6.45, 7) is 2.03. The molecule has 0 aliphatic carbocycles. The summed E-state index contributed by atoms with van der Waals surface area (Å²) in [7, 11) is 0.